The summed E-state index contributed by atoms with van der Waals surface area (Å²) in [6.45, 7) is 3.42. The summed E-state index contributed by atoms with van der Waals surface area (Å²) in [6.07, 6.45) is -2.70. The second kappa shape index (κ2) is 9.81. The van der Waals surface area contributed by atoms with E-state index in [-0.39, 0.29) is 17.7 Å². The van der Waals surface area contributed by atoms with Gasteiger partial charge in [-0.2, -0.15) is 13.2 Å². The number of nitrogens with zero attached hydrogens (tertiary/aromatic N) is 4. The van der Waals surface area contributed by atoms with E-state index in [1.54, 1.807) is 18.3 Å². The first-order valence-electron chi connectivity index (χ1n) is 12.7. The van der Waals surface area contributed by atoms with Crippen molar-refractivity contribution in [1.29, 1.82) is 0 Å². The third-order valence-corrected chi connectivity index (χ3v) is 7.40. The van der Waals surface area contributed by atoms with Crippen LogP contribution in [0.25, 0.3) is 10.9 Å². The van der Waals surface area contributed by atoms with Crippen LogP contribution in [0.15, 0.2) is 79.0 Å². The van der Waals surface area contributed by atoms with Crippen molar-refractivity contribution < 1.29 is 22.8 Å². The monoisotopic (exact) mass is 530 g/mol. The summed E-state index contributed by atoms with van der Waals surface area (Å²) >= 11 is 0. The molecule has 6 rings (SSSR count). The van der Waals surface area contributed by atoms with Gasteiger partial charge in [0.15, 0.2) is 0 Å². The summed E-state index contributed by atoms with van der Waals surface area (Å²) in [6, 6.07) is 20.1. The van der Waals surface area contributed by atoms with Crippen molar-refractivity contribution >= 4 is 28.4 Å². The van der Waals surface area contributed by atoms with Crippen LogP contribution in [0, 0.1) is 0 Å². The number of aromatic nitrogens is 1. The summed E-state index contributed by atoms with van der Waals surface area (Å²) in [5, 5.41) is 1.10. The van der Waals surface area contributed by atoms with Gasteiger partial charge in [0, 0.05) is 44.3 Å². The minimum atomic E-state index is -4.50. The van der Waals surface area contributed by atoms with Gasteiger partial charge in [0.25, 0.3) is 11.8 Å². The highest BCUT2D eigenvalue weighted by Crippen LogP contribution is 2.34. The molecular weight excluding hydrogens is 505 g/mol. The van der Waals surface area contributed by atoms with Crippen molar-refractivity contribution in [3.8, 4) is 0 Å². The van der Waals surface area contributed by atoms with E-state index in [9.17, 15) is 22.8 Å². The van der Waals surface area contributed by atoms with Crippen LogP contribution in [0.5, 0.6) is 0 Å². The molecule has 0 spiro atoms. The number of fused-ring (bicyclic) bond motifs is 2. The number of rotatable bonds is 5. The SMILES string of the molecule is O=C1c2cccc(N3CCN(Cc4cccc5cccnc45)CC3)c2C(=O)N1Cc1cccc(C(F)(F)F)c1. The molecule has 1 aromatic heterocycles. The number of anilines is 1. The van der Waals surface area contributed by atoms with E-state index >= 15 is 0 Å². The van der Waals surface area contributed by atoms with Gasteiger partial charge in [0.2, 0.25) is 0 Å². The molecule has 2 aliphatic heterocycles. The summed E-state index contributed by atoms with van der Waals surface area (Å²) in [5.74, 6) is -0.969. The molecule has 9 heteroatoms. The Labute approximate surface area is 223 Å². The van der Waals surface area contributed by atoms with Gasteiger partial charge in [-0.3, -0.25) is 24.4 Å². The quantitative estimate of drug-likeness (QED) is 0.325. The zero-order chi connectivity index (χ0) is 27.1. The molecule has 3 heterocycles. The van der Waals surface area contributed by atoms with Gasteiger partial charge in [-0.1, -0.05) is 42.5 Å². The minimum absolute atomic E-state index is 0.220. The molecule has 0 N–H and O–H groups in total. The first-order valence-corrected chi connectivity index (χ1v) is 12.7. The Hall–Kier alpha value is -4.24. The first kappa shape index (κ1) is 25.1. The molecule has 2 aliphatic rings. The Bertz CT molecular complexity index is 1570. The number of hydrogen-bond donors (Lipinski definition) is 0. The van der Waals surface area contributed by atoms with E-state index in [1.807, 2.05) is 30.3 Å². The van der Waals surface area contributed by atoms with Gasteiger partial charge in [-0.25, -0.2) is 0 Å². The number of para-hydroxylation sites is 1. The largest absolute Gasteiger partial charge is 0.416 e. The average molecular weight is 531 g/mol. The van der Waals surface area contributed by atoms with Crippen LogP contribution >= 0.6 is 0 Å². The molecule has 3 aromatic carbocycles. The second-order valence-corrected chi connectivity index (χ2v) is 9.85. The van der Waals surface area contributed by atoms with E-state index < -0.39 is 23.6 Å². The van der Waals surface area contributed by atoms with E-state index in [2.05, 4.69) is 20.9 Å². The van der Waals surface area contributed by atoms with Crippen LogP contribution < -0.4 is 4.90 Å². The summed E-state index contributed by atoms with van der Waals surface area (Å²) in [7, 11) is 0. The van der Waals surface area contributed by atoms with Crippen molar-refractivity contribution in [3.63, 3.8) is 0 Å². The first-order chi connectivity index (χ1) is 18.8. The number of imide groups is 1. The minimum Gasteiger partial charge on any atom is -0.368 e. The van der Waals surface area contributed by atoms with E-state index in [0.29, 0.717) is 24.3 Å². The van der Waals surface area contributed by atoms with Gasteiger partial charge in [-0.05, 0) is 41.5 Å². The molecule has 0 radical (unpaired) electrons. The second-order valence-electron chi connectivity index (χ2n) is 9.85. The molecule has 0 atom stereocenters. The van der Waals surface area contributed by atoms with Gasteiger partial charge in [0.05, 0.1) is 34.4 Å². The molecule has 0 unspecified atom stereocenters. The summed E-state index contributed by atoms with van der Waals surface area (Å²) in [4.78, 5) is 36.6. The number of hydrogen-bond acceptors (Lipinski definition) is 5. The van der Waals surface area contributed by atoms with Gasteiger partial charge < -0.3 is 4.90 Å². The number of benzene rings is 3. The Morgan fingerprint density at radius 3 is 2.33 bits per heavy atom. The van der Waals surface area contributed by atoms with Crippen molar-refractivity contribution in [1.82, 2.24) is 14.8 Å². The van der Waals surface area contributed by atoms with E-state index in [1.165, 1.54) is 12.1 Å². The standard InChI is InChI=1S/C30H25F3N4O2/c31-30(32,33)23-9-1-5-20(17-23)18-37-28(38)24-10-3-11-25(26(24)29(37)39)36-15-13-35(14-16-36)19-22-7-2-6-21-8-4-12-34-27(21)22/h1-12,17H,13-16,18-19H2. The molecule has 0 bridgehead atoms. The van der Waals surface area contributed by atoms with Crippen LogP contribution in [0.2, 0.25) is 0 Å². The number of halogens is 3. The fourth-order valence-electron chi connectivity index (χ4n) is 5.43. The van der Waals surface area contributed by atoms with Crippen molar-refractivity contribution in [3.05, 3.63) is 107 Å². The number of pyridine rings is 1. The summed E-state index contributed by atoms with van der Waals surface area (Å²) in [5.41, 5.74) is 2.88. The average Bonchev–Trinajstić information content (AvgIpc) is 3.18. The van der Waals surface area contributed by atoms with E-state index in [4.69, 9.17) is 0 Å². The lowest BCUT2D eigenvalue weighted by atomic mass is 10.1. The lowest BCUT2D eigenvalue weighted by Crippen LogP contribution is -2.46. The molecule has 4 aromatic rings. The molecule has 1 saturated heterocycles. The van der Waals surface area contributed by atoms with Crippen molar-refractivity contribution in [2.75, 3.05) is 31.1 Å². The zero-order valence-corrected chi connectivity index (χ0v) is 21.0. The van der Waals surface area contributed by atoms with Crippen LogP contribution in [0.3, 0.4) is 0 Å². The van der Waals surface area contributed by atoms with Crippen molar-refractivity contribution in [2.45, 2.75) is 19.3 Å². The summed E-state index contributed by atoms with van der Waals surface area (Å²) < 4.78 is 39.5. The number of carbonyl (C=O) groups excluding carboxylic acids is 2. The van der Waals surface area contributed by atoms with Crippen LogP contribution in [0.1, 0.15) is 37.4 Å². The van der Waals surface area contributed by atoms with Crippen LogP contribution in [-0.2, 0) is 19.3 Å². The topological polar surface area (TPSA) is 56.8 Å². The highest BCUT2D eigenvalue weighted by molar-refractivity contribution is 6.23. The third kappa shape index (κ3) is 4.74. The maximum Gasteiger partial charge on any atom is 0.416 e. The maximum atomic E-state index is 13.4. The lowest BCUT2D eigenvalue weighted by molar-refractivity contribution is -0.137. The fraction of sp³-hybridized carbons (Fsp3) is 0.233. The molecule has 0 aliphatic carbocycles. The highest BCUT2D eigenvalue weighted by atomic mass is 19.4. The Kier molecular flexibility index (Phi) is 6.31. The van der Waals surface area contributed by atoms with Crippen molar-refractivity contribution in [2.24, 2.45) is 0 Å². The molecule has 39 heavy (non-hydrogen) atoms. The fourth-order valence-corrected chi connectivity index (χ4v) is 5.43. The molecular formula is C30H25F3N4O2. The maximum absolute atomic E-state index is 13.4. The number of alkyl halides is 3. The van der Waals surface area contributed by atoms with Crippen LogP contribution in [-0.4, -0.2) is 52.8 Å². The lowest BCUT2D eigenvalue weighted by Gasteiger charge is -2.36. The molecule has 0 saturated carbocycles. The molecule has 198 valence electrons. The van der Waals surface area contributed by atoms with Gasteiger partial charge in [-0.15, -0.1) is 0 Å². The Balaban J connectivity index is 1.18. The molecule has 2 amide bonds. The highest BCUT2D eigenvalue weighted by Gasteiger charge is 2.39. The Morgan fingerprint density at radius 2 is 1.54 bits per heavy atom. The number of amides is 2. The predicted molar refractivity (Wildman–Crippen MR) is 141 cm³/mol. The number of carbonyl (C=O) groups is 2. The predicted octanol–water partition coefficient (Wildman–Crippen LogP) is 5.37. The molecule has 1 fully saturated rings. The van der Waals surface area contributed by atoms with Gasteiger partial charge >= 0.3 is 6.18 Å². The zero-order valence-electron chi connectivity index (χ0n) is 21.0. The van der Waals surface area contributed by atoms with Crippen LogP contribution in [0.4, 0.5) is 18.9 Å². The smallest absolute Gasteiger partial charge is 0.368 e. The Morgan fingerprint density at radius 1 is 0.795 bits per heavy atom. The third-order valence-electron chi connectivity index (χ3n) is 7.40. The molecule has 6 nitrogen and oxygen atoms in total. The normalized spacial score (nSPS) is 16.3. The van der Waals surface area contributed by atoms with Gasteiger partial charge in [0.1, 0.15) is 0 Å². The number of piperazine rings is 1. The van der Waals surface area contributed by atoms with E-state index in [0.717, 1.165) is 53.1 Å².